The minimum Gasteiger partial charge on any atom is -0.483 e. The normalized spacial score (nSPS) is 29.4. The molecule has 2 aliphatic rings. The largest absolute Gasteiger partial charge is 0.483 e. The molecular formula is C12H13ClN2O3. The van der Waals surface area contributed by atoms with Gasteiger partial charge in [0.15, 0.2) is 0 Å². The van der Waals surface area contributed by atoms with Crippen LogP contribution in [0.25, 0.3) is 0 Å². The third-order valence-corrected chi connectivity index (χ3v) is 3.86. The molecule has 0 aromatic carbocycles. The van der Waals surface area contributed by atoms with Crippen LogP contribution in [-0.4, -0.2) is 39.3 Å². The molecule has 2 aliphatic heterocycles. The Balaban J connectivity index is 1.87. The van der Waals surface area contributed by atoms with Crippen LogP contribution in [0.15, 0.2) is 12.3 Å². The Labute approximate surface area is 109 Å². The zero-order valence-electron chi connectivity index (χ0n) is 9.89. The highest BCUT2D eigenvalue weighted by Crippen LogP contribution is 2.42. The van der Waals surface area contributed by atoms with Crippen molar-refractivity contribution in [1.29, 1.82) is 0 Å². The molecule has 3 heterocycles. The fourth-order valence-corrected chi connectivity index (χ4v) is 3.12. The molecule has 96 valence electrons. The molecule has 1 spiro atoms. The van der Waals surface area contributed by atoms with Crippen molar-refractivity contribution in [2.75, 3.05) is 6.54 Å². The summed E-state index contributed by atoms with van der Waals surface area (Å²) in [5.74, 6) is 0.721. The Bertz CT molecular complexity index is 522. The van der Waals surface area contributed by atoms with Gasteiger partial charge >= 0.3 is 6.09 Å². The summed E-state index contributed by atoms with van der Waals surface area (Å²) in [5, 5.41) is 9.57. The molecular weight excluding hydrogens is 256 g/mol. The van der Waals surface area contributed by atoms with Gasteiger partial charge in [0.25, 0.3) is 0 Å². The molecule has 6 heteroatoms. The van der Waals surface area contributed by atoms with Gasteiger partial charge in [-0.1, -0.05) is 11.6 Å². The van der Waals surface area contributed by atoms with Crippen molar-refractivity contribution in [1.82, 2.24) is 9.88 Å². The fourth-order valence-electron chi connectivity index (χ4n) is 2.94. The van der Waals surface area contributed by atoms with Crippen LogP contribution in [-0.2, 0) is 6.42 Å². The van der Waals surface area contributed by atoms with Crippen LogP contribution >= 0.6 is 11.6 Å². The zero-order valence-corrected chi connectivity index (χ0v) is 10.6. The molecule has 1 saturated heterocycles. The van der Waals surface area contributed by atoms with E-state index >= 15 is 0 Å². The van der Waals surface area contributed by atoms with E-state index in [-0.39, 0.29) is 6.04 Å². The number of nitrogens with zero attached hydrogens (tertiary/aromatic N) is 2. The molecule has 1 N–H and O–H groups in total. The predicted octanol–water partition coefficient (Wildman–Crippen LogP) is 2.18. The van der Waals surface area contributed by atoms with Gasteiger partial charge in [-0.25, -0.2) is 9.78 Å². The van der Waals surface area contributed by atoms with Crippen molar-refractivity contribution in [3.05, 3.63) is 23.0 Å². The minimum atomic E-state index is -0.893. The van der Waals surface area contributed by atoms with Gasteiger partial charge in [0.2, 0.25) is 0 Å². The molecule has 0 aliphatic carbocycles. The van der Waals surface area contributed by atoms with E-state index in [1.165, 1.54) is 4.90 Å². The Kier molecular flexibility index (Phi) is 2.41. The monoisotopic (exact) mass is 268 g/mol. The quantitative estimate of drug-likeness (QED) is 0.733. The molecule has 1 amide bonds. The Morgan fingerprint density at radius 2 is 2.50 bits per heavy atom. The number of hydrogen-bond acceptors (Lipinski definition) is 3. The molecule has 2 unspecified atom stereocenters. The summed E-state index contributed by atoms with van der Waals surface area (Å²) < 4.78 is 5.94. The smallest absolute Gasteiger partial charge is 0.407 e. The fraction of sp³-hybridized carbons (Fsp3) is 0.500. The number of rotatable bonds is 0. The maximum Gasteiger partial charge on any atom is 0.407 e. The van der Waals surface area contributed by atoms with E-state index in [9.17, 15) is 4.79 Å². The first-order valence-corrected chi connectivity index (χ1v) is 6.20. The Hall–Kier alpha value is -1.49. The average molecular weight is 269 g/mol. The van der Waals surface area contributed by atoms with Crippen LogP contribution in [0.2, 0.25) is 5.15 Å². The summed E-state index contributed by atoms with van der Waals surface area (Å²) in [6.07, 6.45) is 2.11. The maximum absolute atomic E-state index is 11.1. The van der Waals surface area contributed by atoms with Crippen molar-refractivity contribution in [2.24, 2.45) is 0 Å². The SMILES string of the molecule is CC1CC2(Cc3cc(Cl)ncc3O2)CN1C(=O)O. The minimum absolute atomic E-state index is 0.0276. The second-order valence-electron chi connectivity index (χ2n) is 5.04. The summed E-state index contributed by atoms with van der Waals surface area (Å²) in [7, 11) is 0. The molecule has 1 fully saturated rings. The molecule has 1 aromatic heterocycles. The van der Waals surface area contributed by atoms with E-state index in [4.69, 9.17) is 21.4 Å². The number of fused-ring (bicyclic) bond motifs is 1. The van der Waals surface area contributed by atoms with E-state index in [1.807, 2.05) is 6.92 Å². The number of pyridine rings is 1. The van der Waals surface area contributed by atoms with E-state index in [2.05, 4.69) is 4.98 Å². The van der Waals surface area contributed by atoms with Gasteiger partial charge in [-0.3, -0.25) is 0 Å². The number of halogens is 1. The number of aromatic nitrogens is 1. The van der Waals surface area contributed by atoms with Gasteiger partial charge in [-0.15, -0.1) is 0 Å². The molecule has 1 aromatic rings. The highest BCUT2D eigenvalue weighted by Gasteiger charge is 2.49. The number of carbonyl (C=O) groups is 1. The first-order valence-electron chi connectivity index (χ1n) is 5.82. The van der Waals surface area contributed by atoms with Crippen LogP contribution in [0.3, 0.4) is 0 Å². The third kappa shape index (κ3) is 1.70. The van der Waals surface area contributed by atoms with E-state index in [0.29, 0.717) is 24.5 Å². The summed E-state index contributed by atoms with van der Waals surface area (Å²) in [6.45, 7) is 2.30. The number of carboxylic acid groups (broad SMARTS) is 1. The van der Waals surface area contributed by atoms with Crippen molar-refractivity contribution in [3.8, 4) is 5.75 Å². The standard InChI is InChI=1S/C12H13ClN2O3/c1-7-3-12(6-15(7)11(16)17)4-8-2-10(13)14-5-9(8)18-12/h2,5,7H,3-4,6H2,1H3,(H,16,17). The summed E-state index contributed by atoms with van der Waals surface area (Å²) in [6, 6.07) is 1.76. The van der Waals surface area contributed by atoms with Gasteiger partial charge in [0.05, 0.1) is 12.7 Å². The van der Waals surface area contributed by atoms with Crippen molar-refractivity contribution >= 4 is 17.7 Å². The summed E-state index contributed by atoms with van der Waals surface area (Å²) in [5.41, 5.74) is 0.571. The second-order valence-corrected chi connectivity index (χ2v) is 5.43. The Morgan fingerprint density at radius 3 is 3.17 bits per heavy atom. The van der Waals surface area contributed by atoms with Crippen molar-refractivity contribution in [2.45, 2.75) is 31.4 Å². The third-order valence-electron chi connectivity index (χ3n) is 3.66. The Morgan fingerprint density at radius 1 is 1.72 bits per heavy atom. The van der Waals surface area contributed by atoms with Crippen molar-refractivity contribution in [3.63, 3.8) is 0 Å². The predicted molar refractivity (Wildman–Crippen MR) is 65.1 cm³/mol. The number of hydrogen-bond donors (Lipinski definition) is 1. The second kappa shape index (κ2) is 3.75. The topological polar surface area (TPSA) is 62.7 Å². The number of likely N-dealkylation sites (tertiary alicyclic amines) is 1. The van der Waals surface area contributed by atoms with Crippen molar-refractivity contribution < 1.29 is 14.6 Å². The molecule has 2 atom stereocenters. The van der Waals surface area contributed by atoms with Crippen LogP contribution in [0.1, 0.15) is 18.9 Å². The van der Waals surface area contributed by atoms with E-state index in [0.717, 1.165) is 11.3 Å². The number of ether oxygens (including phenoxy) is 1. The molecule has 5 nitrogen and oxygen atoms in total. The van der Waals surface area contributed by atoms with Crippen LogP contribution in [0.4, 0.5) is 4.79 Å². The lowest BCUT2D eigenvalue weighted by molar-refractivity contribution is 0.0960. The summed E-state index contributed by atoms with van der Waals surface area (Å²) >= 11 is 5.86. The van der Waals surface area contributed by atoms with Crippen LogP contribution in [0.5, 0.6) is 5.75 Å². The lowest BCUT2D eigenvalue weighted by Crippen LogP contribution is -2.39. The highest BCUT2D eigenvalue weighted by molar-refractivity contribution is 6.29. The first kappa shape index (κ1) is 11.6. The van der Waals surface area contributed by atoms with Gasteiger partial charge < -0.3 is 14.7 Å². The zero-order chi connectivity index (χ0) is 12.9. The summed E-state index contributed by atoms with van der Waals surface area (Å²) in [4.78, 5) is 16.5. The van der Waals surface area contributed by atoms with Crippen LogP contribution < -0.4 is 4.74 Å². The van der Waals surface area contributed by atoms with E-state index < -0.39 is 11.7 Å². The van der Waals surface area contributed by atoms with Gasteiger partial charge in [0.1, 0.15) is 16.5 Å². The maximum atomic E-state index is 11.1. The highest BCUT2D eigenvalue weighted by atomic mass is 35.5. The van der Waals surface area contributed by atoms with Gasteiger partial charge in [-0.2, -0.15) is 0 Å². The van der Waals surface area contributed by atoms with Gasteiger partial charge in [-0.05, 0) is 13.0 Å². The number of amides is 1. The first-order chi connectivity index (χ1) is 8.49. The van der Waals surface area contributed by atoms with Crippen LogP contribution in [0, 0.1) is 0 Å². The molecule has 18 heavy (non-hydrogen) atoms. The van der Waals surface area contributed by atoms with Gasteiger partial charge in [0, 0.05) is 24.4 Å². The molecule has 0 radical (unpaired) electrons. The van der Waals surface area contributed by atoms with E-state index in [1.54, 1.807) is 12.3 Å². The molecule has 0 saturated carbocycles. The lowest BCUT2D eigenvalue weighted by atomic mass is 9.95. The average Bonchev–Trinajstić information content (AvgIpc) is 2.78. The lowest BCUT2D eigenvalue weighted by Gasteiger charge is -2.22. The molecule has 3 rings (SSSR count). The molecule has 0 bridgehead atoms.